The minimum Gasteiger partial charge on any atom is -0.352 e. The number of carbonyl (C=O) groups is 2. The van der Waals surface area contributed by atoms with Crippen molar-refractivity contribution < 1.29 is 9.59 Å². The third kappa shape index (κ3) is 5.82. The Balaban J connectivity index is 1.40. The Hall–Kier alpha value is -2.34. The van der Waals surface area contributed by atoms with Crippen LogP contribution in [0.5, 0.6) is 0 Å². The number of likely N-dealkylation sites (tertiary alicyclic amines) is 1. The third-order valence-corrected chi connectivity index (χ3v) is 5.33. The van der Waals surface area contributed by atoms with E-state index in [0.29, 0.717) is 30.5 Å². The quantitative estimate of drug-likeness (QED) is 0.793. The Kier molecular flexibility index (Phi) is 6.87. The maximum absolute atomic E-state index is 12.4. The van der Waals surface area contributed by atoms with Crippen LogP contribution in [0.25, 0.3) is 0 Å². The summed E-state index contributed by atoms with van der Waals surface area (Å²) in [7, 11) is 0. The summed E-state index contributed by atoms with van der Waals surface area (Å²) in [5.74, 6) is 0.509. The van der Waals surface area contributed by atoms with Gasteiger partial charge in [0.2, 0.25) is 11.8 Å². The zero-order valence-corrected chi connectivity index (χ0v) is 16.1. The lowest BCUT2D eigenvalue weighted by molar-refractivity contribution is -0.133. The smallest absolute Gasteiger partial charge is 0.242 e. The van der Waals surface area contributed by atoms with E-state index in [1.54, 1.807) is 23.3 Å². The Labute approximate surface area is 164 Å². The first-order valence-corrected chi connectivity index (χ1v) is 9.73. The van der Waals surface area contributed by atoms with E-state index in [4.69, 9.17) is 11.6 Å². The van der Waals surface area contributed by atoms with Crippen molar-refractivity contribution in [3.05, 3.63) is 53.6 Å². The summed E-state index contributed by atoms with van der Waals surface area (Å²) in [6.45, 7) is 2.29. The number of benzene rings is 1. The molecule has 0 spiro atoms. The van der Waals surface area contributed by atoms with Gasteiger partial charge in [-0.1, -0.05) is 29.8 Å². The van der Waals surface area contributed by atoms with Crippen molar-refractivity contribution in [3.63, 3.8) is 0 Å². The molecular weight excluding hydrogens is 364 g/mol. The van der Waals surface area contributed by atoms with Crippen molar-refractivity contribution in [2.45, 2.75) is 38.8 Å². The average molecular weight is 389 g/mol. The zero-order chi connectivity index (χ0) is 19.1. The normalized spacial score (nSPS) is 16.9. The van der Waals surface area contributed by atoms with Gasteiger partial charge in [0.15, 0.2) is 0 Å². The highest BCUT2D eigenvalue weighted by molar-refractivity contribution is 6.31. The number of aromatic nitrogens is 2. The van der Waals surface area contributed by atoms with Gasteiger partial charge < -0.3 is 14.8 Å². The van der Waals surface area contributed by atoms with Crippen LogP contribution in [0.1, 0.15) is 31.2 Å². The summed E-state index contributed by atoms with van der Waals surface area (Å²) in [5.41, 5.74) is 0.918. The summed E-state index contributed by atoms with van der Waals surface area (Å²) in [6, 6.07) is 7.51. The Morgan fingerprint density at radius 1 is 1.30 bits per heavy atom. The molecule has 7 heteroatoms. The van der Waals surface area contributed by atoms with Gasteiger partial charge in [-0.2, -0.15) is 0 Å². The summed E-state index contributed by atoms with van der Waals surface area (Å²) in [4.78, 5) is 30.5. The average Bonchev–Trinajstić information content (AvgIpc) is 3.19. The molecule has 1 atom stereocenters. The summed E-state index contributed by atoms with van der Waals surface area (Å²) >= 11 is 6.11. The van der Waals surface area contributed by atoms with Crippen LogP contribution in [0.4, 0.5) is 0 Å². The minimum atomic E-state index is 0.0248. The molecule has 2 amide bonds. The number of halogens is 1. The molecule has 1 aromatic heterocycles. The SMILES string of the molecule is O=C(CC[C@@H]1CCCN(C(=O)Cn2ccnc2)C1)NCc1ccccc1Cl. The molecule has 0 saturated carbocycles. The summed E-state index contributed by atoms with van der Waals surface area (Å²) < 4.78 is 1.79. The van der Waals surface area contributed by atoms with Crippen LogP contribution in [0.2, 0.25) is 5.02 Å². The van der Waals surface area contributed by atoms with Gasteiger partial charge in [-0.25, -0.2) is 4.98 Å². The van der Waals surface area contributed by atoms with E-state index < -0.39 is 0 Å². The summed E-state index contributed by atoms with van der Waals surface area (Å²) in [6.07, 6.45) is 8.44. The number of amides is 2. The Morgan fingerprint density at radius 2 is 2.15 bits per heavy atom. The van der Waals surface area contributed by atoms with Crippen molar-refractivity contribution in [2.75, 3.05) is 13.1 Å². The lowest BCUT2D eigenvalue weighted by Crippen LogP contribution is -2.41. The van der Waals surface area contributed by atoms with Crippen molar-refractivity contribution >= 4 is 23.4 Å². The molecule has 0 bridgehead atoms. The van der Waals surface area contributed by atoms with Gasteiger partial charge in [-0.3, -0.25) is 9.59 Å². The van der Waals surface area contributed by atoms with E-state index in [-0.39, 0.29) is 11.8 Å². The molecule has 0 aliphatic carbocycles. The van der Waals surface area contributed by atoms with Crippen molar-refractivity contribution in [3.8, 4) is 0 Å². The van der Waals surface area contributed by atoms with Crippen molar-refractivity contribution in [1.82, 2.24) is 19.8 Å². The number of nitrogens with zero attached hydrogens (tertiary/aromatic N) is 3. The number of hydrogen-bond donors (Lipinski definition) is 1. The van der Waals surface area contributed by atoms with Gasteiger partial charge in [-0.15, -0.1) is 0 Å². The van der Waals surface area contributed by atoms with Crippen molar-refractivity contribution in [2.24, 2.45) is 5.92 Å². The zero-order valence-electron chi connectivity index (χ0n) is 15.3. The number of carbonyl (C=O) groups excluding carboxylic acids is 2. The van der Waals surface area contributed by atoms with Crippen LogP contribution in [0.15, 0.2) is 43.0 Å². The molecule has 1 saturated heterocycles. The molecule has 1 aromatic carbocycles. The molecule has 6 nitrogen and oxygen atoms in total. The van der Waals surface area contributed by atoms with E-state index >= 15 is 0 Å². The standard InChI is InChI=1S/C20H25ClN4O2/c21-18-6-2-1-5-17(18)12-23-19(26)8-7-16-4-3-10-25(13-16)20(27)14-24-11-9-22-15-24/h1-2,5-6,9,11,15-16H,3-4,7-8,10,12-14H2,(H,23,26)/t16-/m0/s1. The van der Waals surface area contributed by atoms with Gasteiger partial charge >= 0.3 is 0 Å². The van der Waals surface area contributed by atoms with Crippen molar-refractivity contribution in [1.29, 1.82) is 0 Å². The third-order valence-electron chi connectivity index (χ3n) is 4.96. The second kappa shape index (κ2) is 9.55. The first kappa shape index (κ1) is 19.4. The maximum Gasteiger partial charge on any atom is 0.242 e. The largest absolute Gasteiger partial charge is 0.352 e. The number of rotatable bonds is 7. The fraction of sp³-hybridized carbons (Fsp3) is 0.450. The van der Waals surface area contributed by atoms with Crippen LogP contribution in [0, 0.1) is 5.92 Å². The minimum absolute atomic E-state index is 0.0248. The summed E-state index contributed by atoms with van der Waals surface area (Å²) in [5, 5.41) is 3.59. The molecule has 144 valence electrons. The van der Waals surface area contributed by atoms with Gasteiger partial charge in [0, 0.05) is 43.5 Å². The molecule has 0 radical (unpaired) electrons. The van der Waals surface area contributed by atoms with E-state index in [9.17, 15) is 9.59 Å². The van der Waals surface area contributed by atoms with Crippen LogP contribution in [-0.2, 0) is 22.7 Å². The van der Waals surface area contributed by atoms with Gasteiger partial charge in [0.25, 0.3) is 0 Å². The molecule has 1 aliphatic heterocycles. The highest BCUT2D eigenvalue weighted by atomic mass is 35.5. The van der Waals surface area contributed by atoms with Crippen LogP contribution < -0.4 is 5.32 Å². The highest BCUT2D eigenvalue weighted by Crippen LogP contribution is 2.21. The molecule has 2 aromatic rings. The lowest BCUT2D eigenvalue weighted by Gasteiger charge is -2.33. The van der Waals surface area contributed by atoms with E-state index in [2.05, 4.69) is 10.3 Å². The monoisotopic (exact) mass is 388 g/mol. The van der Waals surface area contributed by atoms with E-state index in [1.807, 2.05) is 29.2 Å². The highest BCUT2D eigenvalue weighted by Gasteiger charge is 2.24. The molecule has 27 heavy (non-hydrogen) atoms. The fourth-order valence-corrected chi connectivity index (χ4v) is 3.63. The number of piperidine rings is 1. The predicted molar refractivity (Wildman–Crippen MR) is 104 cm³/mol. The van der Waals surface area contributed by atoms with Gasteiger partial charge in [-0.05, 0) is 36.8 Å². The maximum atomic E-state index is 12.4. The second-order valence-electron chi connectivity index (χ2n) is 6.99. The van der Waals surface area contributed by atoms with E-state index in [1.165, 1.54) is 0 Å². The number of hydrogen-bond acceptors (Lipinski definition) is 3. The predicted octanol–water partition coefficient (Wildman–Crippen LogP) is 2.87. The molecule has 1 N–H and O–H groups in total. The molecule has 3 rings (SSSR count). The fourth-order valence-electron chi connectivity index (χ4n) is 3.42. The molecule has 1 fully saturated rings. The van der Waals surface area contributed by atoms with E-state index in [0.717, 1.165) is 37.9 Å². The van der Waals surface area contributed by atoms with Gasteiger partial charge in [0.05, 0.1) is 6.33 Å². The topological polar surface area (TPSA) is 67.2 Å². The van der Waals surface area contributed by atoms with Crippen LogP contribution >= 0.6 is 11.6 Å². The van der Waals surface area contributed by atoms with Crippen LogP contribution in [0.3, 0.4) is 0 Å². The Morgan fingerprint density at radius 3 is 2.93 bits per heavy atom. The first-order chi connectivity index (χ1) is 13.1. The molecule has 1 aliphatic rings. The molecular formula is C20H25ClN4O2. The molecule has 0 unspecified atom stereocenters. The second-order valence-corrected chi connectivity index (χ2v) is 7.40. The Bertz CT molecular complexity index is 763. The van der Waals surface area contributed by atoms with Crippen LogP contribution in [-0.4, -0.2) is 39.4 Å². The first-order valence-electron chi connectivity index (χ1n) is 9.35. The van der Waals surface area contributed by atoms with Gasteiger partial charge in [0.1, 0.15) is 6.54 Å². The lowest BCUT2D eigenvalue weighted by atomic mass is 9.93. The molecule has 2 heterocycles. The number of imidazole rings is 1. The number of nitrogens with one attached hydrogen (secondary N) is 1.